The van der Waals surface area contributed by atoms with Gasteiger partial charge in [0, 0.05) is 5.25 Å². The lowest BCUT2D eigenvalue weighted by Crippen LogP contribution is -1.83. The minimum absolute atomic E-state index is 1.07. The summed E-state index contributed by atoms with van der Waals surface area (Å²) in [6.07, 6.45) is 10.2. The van der Waals surface area contributed by atoms with Crippen molar-refractivity contribution in [2.24, 2.45) is 0 Å². The van der Waals surface area contributed by atoms with Gasteiger partial charge in [-0.3, -0.25) is 0 Å². The molecular weight excluding hydrogens is 152 g/mol. The Morgan fingerprint density at radius 2 is 1.82 bits per heavy atom. The first-order valence-electron chi connectivity index (χ1n) is 5.05. The average molecular weight is 172 g/mol. The molecule has 1 fully saturated rings. The van der Waals surface area contributed by atoms with Crippen molar-refractivity contribution in [1.82, 2.24) is 0 Å². The number of hydrogen-bond donors (Lipinski definition) is 0. The standard InChI is InChI=1S/C10H20S/c1-2-3-4-5-6-9-11-10-7-8-10/h10H,2-9H2,1H3. The maximum atomic E-state index is 2.28. The summed E-state index contributed by atoms with van der Waals surface area (Å²) >= 11 is 2.20. The van der Waals surface area contributed by atoms with Gasteiger partial charge in [-0.15, -0.1) is 0 Å². The van der Waals surface area contributed by atoms with E-state index in [4.69, 9.17) is 0 Å². The zero-order valence-corrected chi connectivity index (χ0v) is 8.46. The summed E-state index contributed by atoms with van der Waals surface area (Å²) in [6, 6.07) is 0. The van der Waals surface area contributed by atoms with Crippen LogP contribution in [0.3, 0.4) is 0 Å². The van der Waals surface area contributed by atoms with E-state index in [9.17, 15) is 0 Å². The van der Waals surface area contributed by atoms with Crippen LogP contribution in [0.4, 0.5) is 0 Å². The Morgan fingerprint density at radius 1 is 1.09 bits per heavy atom. The third-order valence-corrected chi connectivity index (χ3v) is 3.59. The normalized spacial score (nSPS) is 17.2. The average Bonchev–Trinajstić information content (AvgIpc) is 2.80. The van der Waals surface area contributed by atoms with E-state index in [1.165, 1.54) is 50.7 Å². The minimum Gasteiger partial charge on any atom is -0.159 e. The second-order valence-corrected chi connectivity index (χ2v) is 4.89. The van der Waals surface area contributed by atoms with E-state index in [1.807, 2.05) is 0 Å². The molecule has 1 aliphatic carbocycles. The topological polar surface area (TPSA) is 0 Å². The van der Waals surface area contributed by atoms with E-state index < -0.39 is 0 Å². The first-order valence-corrected chi connectivity index (χ1v) is 6.10. The van der Waals surface area contributed by atoms with Crippen LogP contribution in [-0.4, -0.2) is 11.0 Å². The molecule has 66 valence electrons. The molecule has 11 heavy (non-hydrogen) atoms. The molecule has 0 aromatic rings. The summed E-state index contributed by atoms with van der Waals surface area (Å²) in [5, 5.41) is 1.07. The smallest absolute Gasteiger partial charge is 0.00478 e. The van der Waals surface area contributed by atoms with Crippen LogP contribution in [0.25, 0.3) is 0 Å². The lowest BCUT2D eigenvalue weighted by Gasteiger charge is -1.98. The predicted molar refractivity (Wildman–Crippen MR) is 54.2 cm³/mol. The van der Waals surface area contributed by atoms with Gasteiger partial charge in [-0.2, -0.15) is 11.8 Å². The molecule has 0 spiro atoms. The second-order valence-electron chi connectivity index (χ2n) is 3.48. The molecule has 0 bridgehead atoms. The van der Waals surface area contributed by atoms with E-state index in [2.05, 4.69) is 18.7 Å². The zero-order chi connectivity index (χ0) is 7.94. The van der Waals surface area contributed by atoms with Gasteiger partial charge < -0.3 is 0 Å². The van der Waals surface area contributed by atoms with Gasteiger partial charge in [-0.25, -0.2) is 0 Å². The van der Waals surface area contributed by atoms with Crippen LogP contribution in [0.15, 0.2) is 0 Å². The van der Waals surface area contributed by atoms with Gasteiger partial charge in [0.25, 0.3) is 0 Å². The van der Waals surface area contributed by atoms with Gasteiger partial charge in [-0.05, 0) is 25.0 Å². The van der Waals surface area contributed by atoms with Crippen molar-refractivity contribution < 1.29 is 0 Å². The number of thioether (sulfide) groups is 1. The van der Waals surface area contributed by atoms with Crippen LogP contribution in [0.1, 0.15) is 51.9 Å². The quantitative estimate of drug-likeness (QED) is 0.526. The molecule has 1 heteroatoms. The molecule has 0 radical (unpaired) electrons. The SMILES string of the molecule is CCCCCCCSC1CC1. The van der Waals surface area contributed by atoms with Crippen molar-refractivity contribution in [2.45, 2.75) is 57.1 Å². The maximum Gasteiger partial charge on any atom is 0.00478 e. The molecule has 1 aliphatic rings. The van der Waals surface area contributed by atoms with E-state index in [0.717, 1.165) is 5.25 Å². The molecule has 1 saturated carbocycles. The number of rotatable bonds is 7. The molecular formula is C10H20S. The summed E-state index contributed by atoms with van der Waals surface area (Å²) in [5.41, 5.74) is 0. The first-order chi connectivity index (χ1) is 5.43. The molecule has 1 rings (SSSR count). The summed E-state index contributed by atoms with van der Waals surface area (Å²) < 4.78 is 0. The Hall–Kier alpha value is 0.350. The fraction of sp³-hybridized carbons (Fsp3) is 1.00. The Morgan fingerprint density at radius 3 is 2.45 bits per heavy atom. The molecule has 0 heterocycles. The molecule has 0 amide bonds. The highest BCUT2D eigenvalue weighted by Gasteiger charge is 2.20. The highest BCUT2D eigenvalue weighted by atomic mass is 32.2. The van der Waals surface area contributed by atoms with E-state index in [1.54, 1.807) is 0 Å². The Labute approximate surface area is 75.1 Å². The highest BCUT2D eigenvalue weighted by Crippen LogP contribution is 2.34. The van der Waals surface area contributed by atoms with Crippen molar-refractivity contribution in [3.8, 4) is 0 Å². The maximum absolute atomic E-state index is 2.28. The molecule has 0 aromatic heterocycles. The Kier molecular flexibility index (Phi) is 5.09. The van der Waals surface area contributed by atoms with Crippen LogP contribution in [-0.2, 0) is 0 Å². The molecule has 0 nitrogen and oxygen atoms in total. The second kappa shape index (κ2) is 5.93. The fourth-order valence-corrected chi connectivity index (χ4v) is 2.36. The molecule has 0 unspecified atom stereocenters. The van der Waals surface area contributed by atoms with Crippen molar-refractivity contribution in [2.75, 3.05) is 5.75 Å². The van der Waals surface area contributed by atoms with Gasteiger partial charge >= 0.3 is 0 Å². The summed E-state index contributed by atoms with van der Waals surface area (Å²) in [7, 11) is 0. The molecule has 0 aromatic carbocycles. The van der Waals surface area contributed by atoms with Gasteiger partial charge in [0.05, 0.1) is 0 Å². The summed E-state index contributed by atoms with van der Waals surface area (Å²) in [6.45, 7) is 2.28. The molecule has 0 aliphatic heterocycles. The number of hydrogen-bond acceptors (Lipinski definition) is 1. The van der Waals surface area contributed by atoms with Crippen LogP contribution in [0.5, 0.6) is 0 Å². The Bertz CT molecular complexity index is 86.9. The van der Waals surface area contributed by atoms with Gasteiger partial charge in [0.1, 0.15) is 0 Å². The lowest BCUT2D eigenvalue weighted by atomic mass is 10.2. The van der Waals surface area contributed by atoms with Crippen LogP contribution >= 0.6 is 11.8 Å². The number of unbranched alkanes of at least 4 members (excludes halogenated alkanes) is 4. The lowest BCUT2D eigenvalue weighted by molar-refractivity contribution is 0.659. The van der Waals surface area contributed by atoms with Gasteiger partial charge in [0.2, 0.25) is 0 Å². The molecule has 0 N–H and O–H groups in total. The van der Waals surface area contributed by atoms with E-state index >= 15 is 0 Å². The molecule has 0 saturated heterocycles. The zero-order valence-electron chi connectivity index (χ0n) is 7.64. The minimum atomic E-state index is 1.07. The largest absolute Gasteiger partial charge is 0.159 e. The van der Waals surface area contributed by atoms with Gasteiger partial charge in [0.15, 0.2) is 0 Å². The van der Waals surface area contributed by atoms with Crippen LogP contribution < -0.4 is 0 Å². The van der Waals surface area contributed by atoms with Crippen molar-refractivity contribution >= 4 is 11.8 Å². The van der Waals surface area contributed by atoms with E-state index in [-0.39, 0.29) is 0 Å². The van der Waals surface area contributed by atoms with Crippen LogP contribution in [0.2, 0.25) is 0 Å². The highest BCUT2D eigenvalue weighted by molar-refractivity contribution is 8.00. The van der Waals surface area contributed by atoms with E-state index in [0.29, 0.717) is 0 Å². The third kappa shape index (κ3) is 5.60. The van der Waals surface area contributed by atoms with Gasteiger partial charge in [-0.1, -0.05) is 32.6 Å². The third-order valence-electron chi connectivity index (χ3n) is 2.13. The summed E-state index contributed by atoms with van der Waals surface area (Å²) in [5.74, 6) is 1.42. The fourth-order valence-electron chi connectivity index (χ4n) is 1.19. The first kappa shape index (κ1) is 9.44. The predicted octanol–water partition coefficient (Wildman–Crippen LogP) is 3.85. The van der Waals surface area contributed by atoms with Crippen molar-refractivity contribution in [3.05, 3.63) is 0 Å². The van der Waals surface area contributed by atoms with Crippen molar-refractivity contribution in [3.63, 3.8) is 0 Å². The summed E-state index contributed by atoms with van der Waals surface area (Å²) in [4.78, 5) is 0. The Balaban J connectivity index is 1.66. The monoisotopic (exact) mass is 172 g/mol. The molecule has 0 atom stereocenters. The van der Waals surface area contributed by atoms with Crippen molar-refractivity contribution in [1.29, 1.82) is 0 Å². The van der Waals surface area contributed by atoms with Crippen LogP contribution in [0, 0.1) is 0 Å².